The number of aliphatic hydroxyl groups is 1. The molecular formula is C17H14ClFN2OS. The van der Waals surface area contributed by atoms with Gasteiger partial charge in [-0.05, 0) is 42.0 Å². The molecule has 0 amide bonds. The summed E-state index contributed by atoms with van der Waals surface area (Å²) in [4.78, 5) is 4.49. The third-order valence-electron chi connectivity index (χ3n) is 3.40. The van der Waals surface area contributed by atoms with Crippen LogP contribution in [0, 0.1) is 5.82 Å². The van der Waals surface area contributed by atoms with E-state index in [9.17, 15) is 9.50 Å². The Bertz CT molecular complexity index is 774. The van der Waals surface area contributed by atoms with Gasteiger partial charge in [0.05, 0.1) is 18.3 Å². The van der Waals surface area contributed by atoms with E-state index in [1.54, 1.807) is 24.3 Å². The Hall–Kier alpha value is -1.95. The molecule has 3 nitrogen and oxygen atoms in total. The quantitative estimate of drug-likeness (QED) is 0.699. The predicted octanol–water partition coefficient (Wildman–Crippen LogP) is 4.75. The van der Waals surface area contributed by atoms with Crippen molar-refractivity contribution < 1.29 is 9.50 Å². The highest BCUT2D eigenvalue weighted by molar-refractivity contribution is 7.14. The molecule has 0 aliphatic heterocycles. The maximum Gasteiger partial charge on any atom is 0.183 e. The molecule has 3 rings (SSSR count). The van der Waals surface area contributed by atoms with Gasteiger partial charge in [-0.3, -0.25) is 0 Å². The lowest BCUT2D eigenvalue weighted by molar-refractivity contribution is 0.276. The van der Waals surface area contributed by atoms with Gasteiger partial charge in [0.25, 0.3) is 0 Å². The van der Waals surface area contributed by atoms with Crippen LogP contribution in [0.1, 0.15) is 11.6 Å². The fourth-order valence-corrected chi connectivity index (χ4v) is 3.07. The number of aliphatic hydroxyl groups excluding tert-OH is 1. The van der Waals surface area contributed by atoms with Gasteiger partial charge in [0.15, 0.2) is 5.13 Å². The third-order valence-corrected chi connectivity index (χ3v) is 4.42. The predicted molar refractivity (Wildman–Crippen MR) is 92.4 cm³/mol. The van der Waals surface area contributed by atoms with Gasteiger partial charge in [0.1, 0.15) is 5.82 Å². The summed E-state index contributed by atoms with van der Waals surface area (Å²) in [6.45, 7) is -0.0624. The standard InChI is InChI=1S/C17H14ClFN2OS/c18-13-5-1-11(2-6-13)15(9-22)20-17-21-16(10-23-17)12-3-7-14(19)8-4-12/h1-8,10,15,22H,9H2,(H,20,21). The zero-order chi connectivity index (χ0) is 16.2. The molecule has 0 spiro atoms. The minimum atomic E-state index is -0.273. The van der Waals surface area contributed by atoms with Crippen molar-refractivity contribution in [1.29, 1.82) is 0 Å². The van der Waals surface area contributed by atoms with Crippen LogP contribution in [0.2, 0.25) is 5.02 Å². The minimum Gasteiger partial charge on any atom is -0.394 e. The first-order valence-electron chi connectivity index (χ1n) is 7.00. The molecule has 0 saturated heterocycles. The fourth-order valence-electron chi connectivity index (χ4n) is 2.17. The molecule has 2 N–H and O–H groups in total. The normalized spacial score (nSPS) is 12.1. The Morgan fingerprint density at radius 3 is 2.48 bits per heavy atom. The number of nitrogens with one attached hydrogen (secondary N) is 1. The first-order chi connectivity index (χ1) is 11.2. The van der Waals surface area contributed by atoms with Crippen molar-refractivity contribution >= 4 is 28.1 Å². The van der Waals surface area contributed by atoms with Crippen LogP contribution in [0.15, 0.2) is 53.9 Å². The molecule has 0 aliphatic rings. The van der Waals surface area contributed by atoms with Crippen molar-refractivity contribution in [1.82, 2.24) is 4.98 Å². The number of thiazole rings is 1. The molecule has 1 heterocycles. The smallest absolute Gasteiger partial charge is 0.183 e. The molecule has 1 aromatic heterocycles. The number of nitrogens with zero attached hydrogens (tertiary/aromatic N) is 1. The molecule has 3 aromatic rings. The number of halogens is 2. The number of hydrogen-bond donors (Lipinski definition) is 2. The lowest BCUT2D eigenvalue weighted by Crippen LogP contribution is -2.14. The highest BCUT2D eigenvalue weighted by atomic mass is 35.5. The zero-order valence-electron chi connectivity index (χ0n) is 12.0. The molecule has 0 radical (unpaired) electrons. The molecule has 0 aliphatic carbocycles. The molecule has 0 fully saturated rings. The zero-order valence-corrected chi connectivity index (χ0v) is 13.6. The van der Waals surface area contributed by atoms with E-state index in [0.29, 0.717) is 10.2 Å². The van der Waals surface area contributed by atoms with Crippen molar-refractivity contribution in [2.75, 3.05) is 11.9 Å². The van der Waals surface area contributed by atoms with Crippen molar-refractivity contribution in [3.63, 3.8) is 0 Å². The highest BCUT2D eigenvalue weighted by Crippen LogP contribution is 2.28. The molecule has 118 valence electrons. The largest absolute Gasteiger partial charge is 0.394 e. The van der Waals surface area contributed by atoms with E-state index in [0.717, 1.165) is 16.8 Å². The molecule has 1 unspecified atom stereocenters. The van der Waals surface area contributed by atoms with Crippen LogP contribution in [0.4, 0.5) is 9.52 Å². The van der Waals surface area contributed by atoms with Crippen LogP contribution >= 0.6 is 22.9 Å². The Balaban J connectivity index is 1.77. The van der Waals surface area contributed by atoms with Crippen molar-refractivity contribution in [2.45, 2.75) is 6.04 Å². The summed E-state index contributed by atoms with van der Waals surface area (Å²) in [5, 5.41) is 16.0. The Morgan fingerprint density at radius 2 is 1.83 bits per heavy atom. The molecule has 23 heavy (non-hydrogen) atoms. The van der Waals surface area contributed by atoms with Crippen LogP contribution in [-0.2, 0) is 0 Å². The average Bonchev–Trinajstić information content (AvgIpc) is 3.03. The summed E-state index contributed by atoms with van der Waals surface area (Å²) in [5.74, 6) is -0.273. The number of hydrogen-bond acceptors (Lipinski definition) is 4. The third kappa shape index (κ3) is 3.88. The highest BCUT2D eigenvalue weighted by Gasteiger charge is 2.13. The molecule has 2 aromatic carbocycles. The van der Waals surface area contributed by atoms with E-state index < -0.39 is 0 Å². The number of aromatic nitrogens is 1. The minimum absolute atomic E-state index is 0.0624. The summed E-state index contributed by atoms with van der Waals surface area (Å²) in [6.07, 6.45) is 0. The van der Waals surface area contributed by atoms with Gasteiger partial charge in [0.2, 0.25) is 0 Å². The lowest BCUT2D eigenvalue weighted by atomic mass is 10.1. The van der Waals surface area contributed by atoms with E-state index in [1.807, 2.05) is 17.5 Å². The van der Waals surface area contributed by atoms with Crippen LogP contribution in [0.25, 0.3) is 11.3 Å². The van der Waals surface area contributed by atoms with Crippen LogP contribution in [0.3, 0.4) is 0 Å². The number of benzene rings is 2. The van der Waals surface area contributed by atoms with Gasteiger partial charge in [-0.2, -0.15) is 0 Å². The maximum atomic E-state index is 13.0. The van der Waals surface area contributed by atoms with Crippen LogP contribution in [0.5, 0.6) is 0 Å². The van der Waals surface area contributed by atoms with E-state index in [2.05, 4.69) is 10.3 Å². The summed E-state index contributed by atoms with van der Waals surface area (Å²) >= 11 is 7.32. The van der Waals surface area contributed by atoms with Gasteiger partial charge in [-0.1, -0.05) is 23.7 Å². The topological polar surface area (TPSA) is 45.1 Å². The van der Waals surface area contributed by atoms with Gasteiger partial charge >= 0.3 is 0 Å². The summed E-state index contributed by atoms with van der Waals surface area (Å²) in [5.41, 5.74) is 2.54. The molecule has 0 saturated carbocycles. The van der Waals surface area contributed by atoms with Gasteiger partial charge in [-0.25, -0.2) is 9.37 Å². The van der Waals surface area contributed by atoms with Crippen molar-refractivity contribution in [3.8, 4) is 11.3 Å². The first-order valence-corrected chi connectivity index (χ1v) is 8.26. The number of anilines is 1. The Labute approximate surface area is 142 Å². The van der Waals surface area contributed by atoms with E-state index >= 15 is 0 Å². The maximum absolute atomic E-state index is 13.0. The van der Waals surface area contributed by atoms with Gasteiger partial charge in [0, 0.05) is 16.0 Å². The van der Waals surface area contributed by atoms with Gasteiger partial charge < -0.3 is 10.4 Å². The second-order valence-corrected chi connectivity index (χ2v) is 6.27. The SMILES string of the molecule is OCC(Nc1nc(-c2ccc(F)cc2)cs1)c1ccc(Cl)cc1. The Kier molecular flexibility index (Phi) is 4.91. The molecule has 0 bridgehead atoms. The Morgan fingerprint density at radius 1 is 1.13 bits per heavy atom. The van der Waals surface area contributed by atoms with Gasteiger partial charge in [-0.15, -0.1) is 11.3 Å². The summed E-state index contributed by atoms with van der Waals surface area (Å²) in [6, 6.07) is 13.2. The van der Waals surface area contributed by atoms with Crippen molar-refractivity contribution in [2.24, 2.45) is 0 Å². The molecule has 1 atom stereocenters. The van der Waals surface area contributed by atoms with E-state index in [1.165, 1.54) is 23.5 Å². The second-order valence-electron chi connectivity index (χ2n) is 4.98. The molecule has 6 heteroatoms. The first kappa shape index (κ1) is 15.9. The van der Waals surface area contributed by atoms with E-state index in [4.69, 9.17) is 11.6 Å². The van der Waals surface area contributed by atoms with Crippen LogP contribution in [-0.4, -0.2) is 16.7 Å². The van der Waals surface area contributed by atoms with E-state index in [-0.39, 0.29) is 18.5 Å². The fraction of sp³-hybridized carbons (Fsp3) is 0.118. The van der Waals surface area contributed by atoms with Crippen LogP contribution < -0.4 is 5.32 Å². The number of rotatable bonds is 5. The van der Waals surface area contributed by atoms with Crippen molar-refractivity contribution in [3.05, 3.63) is 70.3 Å². The monoisotopic (exact) mass is 348 g/mol. The molecular weight excluding hydrogens is 335 g/mol. The second kappa shape index (κ2) is 7.08. The summed E-state index contributed by atoms with van der Waals surface area (Å²) < 4.78 is 13.0. The summed E-state index contributed by atoms with van der Waals surface area (Å²) in [7, 11) is 0. The lowest BCUT2D eigenvalue weighted by Gasteiger charge is -2.15. The average molecular weight is 349 g/mol.